The number of para-hydroxylation sites is 2. The molecule has 2 aromatic carbocycles. The molecule has 0 bridgehead atoms. The van der Waals surface area contributed by atoms with Crippen LogP contribution in [0.15, 0.2) is 65.7 Å². The standard InChI is InChI=1S/C26H27N3O4S/c1-3-27(4-2)24(30)18-28-17-19(21-12-8-9-13-22(21)28)16-23-25(31)29(26(32)34-23)14-15-33-20-10-6-5-7-11-20/h5-13,16-17H,3-4,14-15,18H2,1-2H3/b23-16-. The molecule has 8 heteroatoms. The van der Waals surface area contributed by atoms with Crippen molar-refractivity contribution in [1.82, 2.24) is 14.4 Å². The zero-order chi connectivity index (χ0) is 24.1. The van der Waals surface area contributed by atoms with Crippen LogP contribution < -0.4 is 4.74 Å². The number of thioether (sulfide) groups is 1. The molecule has 0 saturated carbocycles. The molecule has 0 radical (unpaired) electrons. The number of ether oxygens (including phenoxy) is 1. The Morgan fingerprint density at radius 1 is 1.03 bits per heavy atom. The lowest BCUT2D eigenvalue weighted by atomic mass is 10.1. The molecular weight excluding hydrogens is 450 g/mol. The molecule has 1 aliphatic heterocycles. The quantitative estimate of drug-likeness (QED) is 0.421. The van der Waals surface area contributed by atoms with E-state index < -0.39 is 0 Å². The van der Waals surface area contributed by atoms with Crippen LogP contribution in [0.1, 0.15) is 19.4 Å². The summed E-state index contributed by atoms with van der Waals surface area (Å²) in [5.41, 5.74) is 1.71. The lowest BCUT2D eigenvalue weighted by Crippen LogP contribution is -2.33. The Labute approximate surface area is 203 Å². The van der Waals surface area contributed by atoms with E-state index in [4.69, 9.17) is 4.74 Å². The van der Waals surface area contributed by atoms with E-state index >= 15 is 0 Å². The highest BCUT2D eigenvalue weighted by Gasteiger charge is 2.35. The second kappa shape index (κ2) is 10.6. The number of fused-ring (bicyclic) bond motifs is 1. The summed E-state index contributed by atoms with van der Waals surface area (Å²) in [5.74, 6) is 0.399. The van der Waals surface area contributed by atoms with E-state index in [0.29, 0.717) is 23.7 Å². The Kier molecular flexibility index (Phi) is 7.37. The Bertz CT molecular complexity index is 1230. The average molecular weight is 478 g/mol. The number of carbonyl (C=O) groups is 3. The van der Waals surface area contributed by atoms with Crippen LogP contribution in [0.5, 0.6) is 5.75 Å². The summed E-state index contributed by atoms with van der Waals surface area (Å²) in [6, 6.07) is 17.0. The predicted molar refractivity (Wildman–Crippen MR) is 134 cm³/mol. The van der Waals surface area contributed by atoms with Crippen molar-refractivity contribution in [3.05, 3.63) is 71.3 Å². The number of nitrogens with zero attached hydrogens (tertiary/aromatic N) is 3. The third kappa shape index (κ3) is 5.02. The van der Waals surface area contributed by atoms with Gasteiger partial charge in [-0.1, -0.05) is 36.4 Å². The Morgan fingerprint density at radius 2 is 1.74 bits per heavy atom. The van der Waals surface area contributed by atoms with E-state index in [1.807, 2.05) is 79.2 Å². The molecule has 176 valence electrons. The van der Waals surface area contributed by atoms with Gasteiger partial charge >= 0.3 is 0 Å². The first-order chi connectivity index (χ1) is 16.5. The van der Waals surface area contributed by atoms with Gasteiger partial charge in [0.15, 0.2) is 0 Å². The van der Waals surface area contributed by atoms with Gasteiger partial charge in [0.25, 0.3) is 11.1 Å². The van der Waals surface area contributed by atoms with Gasteiger partial charge in [0.2, 0.25) is 5.91 Å². The largest absolute Gasteiger partial charge is 0.492 e. The number of aromatic nitrogens is 1. The highest BCUT2D eigenvalue weighted by Crippen LogP contribution is 2.34. The Morgan fingerprint density at radius 3 is 2.47 bits per heavy atom. The van der Waals surface area contributed by atoms with Gasteiger partial charge in [0, 0.05) is 35.8 Å². The molecule has 0 aliphatic carbocycles. The van der Waals surface area contributed by atoms with Gasteiger partial charge < -0.3 is 14.2 Å². The second-order valence-corrected chi connectivity index (χ2v) is 8.78. The van der Waals surface area contributed by atoms with Gasteiger partial charge in [0.05, 0.1) is 11.4 Å². The zero-order valence-electron chi connectivity index (χ0n) is 19.3. The highest BCUT2D eigenvalue weighted by molar-refractivity contribution is 8.18. The minimum Gasteiger partial charge on any atom is -0.492 e. The van der Waals surface area contributed by atoms with Crippen LogP contribution >= 0.6 is 11.8 Å². The van der Waals surface area contributed by atoms with Gasteiger partial charge in [-0.3, -0.25) is 19.3 Å². The molecule has 3 aromatic rings. The molecule has 3 amide bonds. The van der Waals surface area contributed by atoms with Crippen molar-refractivity contribution in [2.75, 3.05) is 26.2 Å². The number of hydrogen-bond acceptors (Lipinski definition) is 5. The summed E-state index contributed by atoms with van der Waals surface area (Å²) in [6.07, 6.45) is 3.61. The molecular formula is C26H27N3O4S. The summed E-state index contributed by atoms with van der Waals surface area (Å²) in [7, 11) is 0. The lowest BCUT2D eigenvalue weighted by molar-refractivity contribution is -0.131. The molecule has 0 N–H and O–H groups in total. The minimum absolute atomic E-state index is 0.0380. The summed E-state index contributed by atoms with van der Waals surface area (Å²) >= 11 is 0.925. The number of rotatable bonds is 9. The first-order valence-electron chi connectivity index (χ1n) is 11.3. The van der Waals surface area contributed by atoms with Crippen LogP contribution in [0.25, 0.3) is 17.0 Å². The third-order valence-corrected chi connectivity index (χ3v) is 6.64. The molecule has 7 nitrogen and oxygen atoms in total. The molecule has 1 saturated heterocycles. The number of hydrogen-bond donors (Lipinski definition) is 0. The topological polar surface area (TPSA) is 71.8 Å². The molecule has 1 fully saturated rings. The Balaban J connectivity index is 1.52. The van der Waals surface area contributed by atoms with Crippen molar-refractivity contribution in [2.45, 2.75) is 20.4 Å². The van der Waals surface area contributed by atoms with E-state index in [9.17, 15) is 14.4 Å². The van der Waals surface area contributed by atoms with Gasteiger partial charge in [-0.25, -0.2) is 0 Å². The van der Waals surface area contributed by atoms with Crippen molar-refractivity contribution >= 4 is 45.8 Å². The van der Waals surface area contributed by atoms with Crippen LogP contribution in [0.4, 0.5) is 4.79 Å². The molecule has 4 rings (SSSR count). The van der Waals surface area contributed by atoms with Crippen molar-refractivity contribution in [3.63, 3.8) is 0 Å². The maximum absolute atomic E-state index is 12.9. The minimum atomic E-state index is -0.331. The van der Waals surface area contributed by atoms with E-state index in [-0.39, 0.29) is 36.7 Å². The number of benzene rings is 2. The number of amides is 3. The maximum Gasteiger partial charge on any atom is 0.293 e. The predicted octanol–water partition coefficient (Wildman–Crippen LogP) is 4.63. The number of likely N-dealkylation sites (N-methyl/N-ethyl adjacent to an activating group) is 1. The van der Waals surface area contributed by atoms with Crippen LogP contribution in [0, 0.1) is 0 Å². The van der Waals surface area contributed by atoms with Gasteiger partial charge in [-0.2, -0.15) is 0 Å². The Hall–Kier alpha value is -3.52. The number of carbonyl (C=O) groups excluding carboxylic acids is 3. The van der Waals surface area contributed by atoms with Gasteiger partial charge in [0.1, 0.15) is 18.9 Å². The fraction of sp³-hybridized carbons (Fsp3) is 0.269. The van der Waals surface area contributed by atoms with Crippen molar-refractivity contribution < 1.29 is 19.1 Å². The normalized spacial score (nSPS) is 14.9. The molecule has 2 heterocycles. The maximum atomic E-state index is 12.9. The van der Waals surface area contributed by atoms with E-state index in [2.05, 4.69) is 0 Å². The van der Waals surface area contributed by atoms with Crippen molar-refractivity contribution in [2.24, 2.45) is 0 Å². The van der Waals surface area contributed by atoms with Gasteiger partial charge in [-0.05, 0) is 49.9 Å². The highest BCUT2D eigenvalue weighted by atomic mass is 32.2. The first-order valence-corrected chi connectivity index (χ1v) is 12.1. The molecule has 0 atom stereocenters. The SMILES string of the molecule is CCN(CC)C(=O)Cn1cc(/C=C2\SC(=O)N(CCOc3ccccc3)C2=O)c2ccccc21. The fourth-order valence-electron chi connectivity index (χ4n) is 3.95. The molecule has 1 aliphatic rings. The van der Waals surface area contributed by atoms with Crippen LogP contribution in [0.3, 0.4) is 0 Å². The third-order valence-electron chi connectivity index (χ3n) is 5.73. The molecule has 1 aromatic heterocycles. The van der Waals surface area contributed by atoms with Crippen LogP contribution in [-0.4, -0.2) is 57.7 Å². The average Bonchev–Trinajstić information content (AvgIpc) is 3.32. The van der Waals surface area contributed by atoms with E-state index in [1.54, 1.807) is 11.0 Å². The summed E-state index contributed by atoms with van der Waals surface area (Å²) in [4.78, 5) is 41.5. The lowest BCUT2D eigenvalue weighted by Gasteiger charge is -2.19. The summed E-state index contributed by atoms with van der Waals surface area (Å²) in [5, 5.41) is 0.613. The number of imide groups is 1. The first kappa shape index (κ1) is 23.6. The summed E-state index contributed by atoms with van der Waals surface area (Å²) < 4.78 is 7.54. The van der Waals surface area contributed by atoms with Gasteiger partial charge in [-0.15, -0.1) is 0 Å². The fourth-order valence-corrected chi connectivity index (χ4v) is 4.80. The molecule has 34 heavy (non-hydrogen) atoms. The zero-order valence-corrected chi connectivity index (χ0v) is 20.1. The molecule has 0 spiro atoms. The monoisotopic (exact) mass is 477 g/mol. The smallest absolute Gasteiger partial charge is 0.293 e. The van der Waals surface area contributed by atoms with Crippen LogP contribution in [-0.2, 0) is 16.1 Å². The van der Waals surface area contributed by atoms with Crippen LogP contribution in [0.2, 0.25) is 0 Å². The van der Waals surface area contributed by atoms with Crippen molar-refractivity contribution in [1.29, 1.82) is 0 Å². The molecule has 0 unspecified atom stereocenters. The summed E-state index contributed by atoms with van der Waals surface area (Å²) in [6.45, 7) is 5.85. The van der Waals surface area contributed by atoms with E-state index in [0.717, 1.165) is 28.2 Å². The van der Waals surface area contributed by atoms with Crippen molar-refractivity contribution in [3.8, 4) is 5.75 Å². The van der Waals surface area contributed by atoms with E-state index in [1.165, 1.54) is 4.90 Å². The second-order valence-electron chi connectivity index (χ2n) is 7.79.